The van der Waals surface area contributed by atoms with Crippen LogP contribution in [0.15, 0.2) is 39.1 Å². The maximum Gasteiger partial charge on any atom is 0.251 e. The van der Waals surface area contributed by atoms with E-state index in [9.17, 15) is 9.18 Å². The molecule has 2 rings (SSSR count). The van der Waals surface area contributed by atoms with Crippen molar-refractivity contribution in [1.82, 2.24) is 9.97 Å². The van der Waals surface area contributed by atoms with Crippen molar-refractivity contribution < 1.29 is 4.39 Å². The smallest absolute Gasteiger partial charge is 0.251 e. The normalized spacial score (nSPS) is 12.4. The lowest BCUT2D eigenvalue weighted by Gasteiger charge is -2.13. The van der Waals surface area contributed by atoms with Gasteiger partial charge in [0, 0.05) is 28.3 Å². The van der Waals surface area contributed by atoms with Crippen LogP contribution in [0.3, 0.4) is 0 Å². The van der Waals surface area contributed by atoms with Crippen LogP contribution < -0.4 is 11.3 Å². The van der Waals surface area contributed by atoms with Crippen molar-refractivity contribution in [2.45, 2.75) is 42.8 Å². The Labute approximate surface area is 127 Å². The summed E-state index contributed by atoms with van der Waals surface area (Å²) in [5.74, 6) is -0.345. The summed E-state index contributed by atoms with van der Waals surface area (Å²) in [4.78, 5) is 19.4. The van der Waals surface area contributed by atoms with E-state index in [2.05, 4.69) is 9.97 Å². The Hall–Kier alpha value is -1.66. The average Bonchev–Trinajstić information content (AvgIpc) is 2.37. The van der Waals surface area contributed by atoms with E-state index >= 15 is 0 Å². The van der Waals surface area contributed by atoms with Crippen molar-refractivity contribution in [3.8, 4) is 0 Å². The van der Waals surface area contributed by atoms with Gasteiger partial charge in [0.05, 0.1) is 0 Å². The predicted molar refractivity (Wildman–Crippen MR) is 82.0 cm³/mol. The first-order valence-electron chi connectivity index (χ1n) is 6.83. The van der Waals surface area contributed by atoms with Crippen molar-refractivity contribution in [2.24, 2.45) is 5.73 Å². The molecule has 2 aromatic rings. The topological polar surface area (TPSA) is 71.8 Å². The van der Waals surface area contributed by atoms with Gasteiger partial charge in [-0.2, -0.15) is 0 Å². The van der Waals surface area contributed by atoms with Crippen LogP contribution in [0.5, 0.6) is 0 Å². The van der Waals surface area contributed by atoms with Gasteiger partial charge < -0.3 is 10.7 Å². The van der Waals surface area contributed by atoms with Gasteiger partial charge in [-0.25, -0.2) is 9.37 Å². The number of hydrogen-bond donors (Lipinski definition) is 2. The second-order valence-electron chi connectivity index (χ2n) is 4.83. The number of benzene rings is 1. The summed E-state index contributed by atoms with van der Waals surface area (Å²) in [5, 5.41) is 0.457. The van der Waals surface area contributed by atoms with Gasteiger partial charge in [-0.05, 0) is 25.5 Å². The quantitative estimate of drug-likeness (QED) is 0.833. The third-order valence-corrected chi connectivity index (χ3v) is 3.92. The molecule has 3 N–H and O–H groups in total. The first kappa shape index (κ1) is 15.7. The molecule has 112 valence electrons. The molecule has 1 heterocycles. The minimum atomic E-state index is -0.431. The monoisotopic (exact) mass is 307 g/mol. The summed E-state index contributed by atoms with van der Waals surface area (Å²) in [7, 11) is 0. The number of aromatic amines is 1. The number of nitrogens with one attached hydrogen (secondary N) is 1. The van der Waals surface area contributed by atoms with Crippen LogP contribution in [-0.4, -0.2) is 9.97 Å². The summed E-state index contributed by atoms with van der Waals surface area (Å²) in [6.45, 7) is 3.75. The fourth-order valence-electron chi connectivity index (χ4n) is 2.07. The Morgan fingerprint density at radius 1 is 1.48 bits per heavy atom. The number of halogens is 1. The lowest BCUT2D eigenvalue weighted by Crippen LogP contribution is -2.11. The van der Waals surface area contributed by atoms with Crippen molar-refractivity contribution in [3.63, 3.8) is 0 Å². The van der Waals surface area contributed by atoms with E-state index in [1.54, 1.807) is 19.1 Å². The number of rotatable bonds is 5. The van der Waals surface area contributed by atoms with E-state index < -0.39 is 6.04 Å². The van der Waals surface area contributed by atoms with E-state index in [1.807, 2.05) is 6.92 Å². The van der Waals surface area contributed by atoms with Crippen molar-refractivity contribution in [1.29, 1.82) is 0 Å². The van der Waals surface area contributed by atoms with E-state index in [1.165, 1.54) is 23.9 Å². The summed E-state index contributed by atoms with van der Waals surface area (Å²) in [6.07, 6.45) is 1.65. The molecule has 0 aliphatic heterocycles. The number of aryl methyl sites for hydroxylation is 1. The Morgan fingerprint density at radius 2 is 2.24 bits per heavy atom. The molecule has 0 aliphatic carbocycles. The molecule has 1 unspecified atom stereocenters. The third kappa shape index (κ3) is 3.92. The number of hydrogen-bond acceptors (Lipinski definition) is 4. The minimum absolute atomic E-state index is 0.199. The van der Waals surface area contributed by atoms with Crippen LogP contribution >= 0.6 is 11.8 Å². The number of H-pyrrole nitrogens is 1. The van der Waals surface area contributed by atoms with E-state index in [0.29, 0.717) is 15.6 Å². The highest BCUT2D eigenvalue weighted by atomic mass is 32.2. The largest absolute Gasteiger partial charge is 0.324 e. The first-order chi connectivity index (χ1) is 10.0. The fourth-order valence-corrected chi connectivity index (χ4v) is 3.13. The zero-order valence-corrected chi connectivity index (χ0v) is 12.8. The van der Waals surface area contributed by atoms with Gasteiger partial charge in [-0.1, -0.05) is 31.2 Å². The molecule has 0 aliphatic rings. The SMILES string of the molecule is CCCc1cc(=O)[nH]c(Sc2cccc(F)c2C(C)N)n1. The van der Waals surface area contributed by atoms with Gasteiger partial charge >= 0.3 is 0 Å². The summed E-state index contributed by atoms with van der Waals surface area (Å²) >= 11 is 1.22. The molecule has 0 fully saturated rings. The van der Waals surface area contributed by atoms with Crippen molar-refractivity contribution in [3.05, 3.63) is 51.7 Å². The zero-order valence-electron chi connectivity index (χ0n) is 12.0. The van der Waals surface area contributed by atoms with Crippen LogP contribution in [0, 0.1) is 5.82 Å². The molecule has 0 spiro atoms. The molecule has 1 atom stereocenters. The molecule has 0 saturated carbocycles. The molecule has 6 heteroatoms. The van der Waals surface area contributed by atoms with Crippen LogP contribution in [-0.2, 0) is 6.42 Å². The molecule has 0 saturated heterocycles. The van der Waals surface area contributed by atoms with Gasteiger partial charge in [-0.15, -0.1) is 0 Å². The van der Waals surface area contributed by atoms with E-state index in [-0.39, 0.29) is 11.4 Å². The summed E-state index contributed by atoms with van der Waals surface area (Å²) in [6, 6.07) is 5.84. The highest BCUT2D eigenvalue weighted by Gasteiger charge is 2.14. The van der Waals surface area contributed by atoms with Crippen molar-refractivity contribution in [2.75, 3.05) is 0 Å². The molecule has 21 heavy (non-hydrogen) atoms. The number of nitrogens with zero attached hydrogens (tertiary/aromatic N) is 1. The first-order valence-corrected chi connectivity index (χ1v) is 7.65. The zero-order chi connectivity index (χ0) is 15.4. The Bertz CT molecular complexity index is 685. The Morgan fingerprint density at radius 3 is 2.90 bits per heavy atom. The Balaban J connectivity index is 2.39. The minimum Gasteiger partial charge on any atom is -0.324 e. The second-order valence-corrected chi connectivity index (χ2v) is 5.86. The number of nitrogens with two attached hydrogens (primary N) is 1. The Kier molecular flexibility index (Phi) is 5.14. The molecule has 0 amide bonds. The summed E-state index contributed by atoms with van der Waals surface area (Å²) in [5.41, 5.74) is 6.81. The predicted octanol–water partition coefficient (Wildman–Crippen LogP) is 3.03. The average molecular weight is 307 g/mol. The van der Waals surface area contributed by atoms with Gasteiger partial charge in [0.1, 0.15) is 5.82 Å². The van der Waals surface area contributed by atoms with Crippen molar-refractivity contribution >= 4 is 11.8 Å². The van der Waals surface area contributed by atoms with Crippen LogP contribution in [0.4, 0.5) is 4.39 Å². The van der Waals surface area contributed by atoms with Gasteiger partial charge in [0.2, 0.25) is 0 Å². The molecule has 4 nitrogen and oxygen atoms in total. The van der Waals surface area contributed by atoms with Crippen LogP contribution in [0.25, 0.3) is 0 Å². The van der Waals surface area contributed by atoms with Gasteiger partial charge in [0.15, 0.2) is 5.16 Å². The highest BCUT2D eigenvalue weighted by molar-refractivity contribution is 7.99. The van der Waals surface area contributed by atoms with Crippen LogP contribution in [0.1, 0.15) is 37.6 Å². The fraction of sp³-hybridized carbons (Fsp3) is 0.333. The third-order valence-electron chi connectivity index (χ3n) is 2.95. The molecular formula is C15H18FN3OS. The molecule has 1 aromatic heterocycles. The van der Waals surface area contributed by atoms with E-state index in [0.717, 1.165) is 18.5 Å². The van der Waals surface area contributed by atoms with Crippen LogP contribution in [0.2, 0.25) is 0 Å². The molecule has 1 aromatic carbocycles. The van der Waals surface area contributed by atoms with Gasteiger partial charge in [0.25, 0.3) is 5.56 Å². The van der Waals surface area contributed by atoms with E-state index in [4.69, 9.17) is 5.73 Å². The number of aromatic nitrogens is 2. The molecular weight excluding hydrogens is 289 g/mol. The maximum atomic E-state index is 13.9. The maximum absolute atomic E-state index is 13.9. The standard InChI is InChI=1S/C15H18FN3OS/c1-3-5-10-8-13(20)19-15(18-10)21-12-7-4-6-11(16)14(12)9(2)17/h4,6-9H,3,5,17H2,1-2H3,(H,18,19,20). The summed E-state index contributed by atoms with van der Waals surface area (Å²) < 4.78 is 13.9. The molecule has 0 radical (unpaired) electrons. The van der Waals surface area contributed by atoms with Gasteiger partial charge in [-0.3, -0.25) is 4.79 Å². The lowest BCUT2D eigenvalue weighted by atomic mass is 10.1. The highest BCUT2D eigenvalue weighted by Crippen LogP contribution is 2.32. The molecule has 0 bridgehead atoms. The lowest BCUT2D eigenvalue weighted by molar-refractivity contribution is 0.585. The second kappa shape index (κ2) is 6.87.